The highest BCUT2D eigenvalue weighted by Crippen LogP contribution is 2.36. The summed E-state index contributed by atoms with van der Waals surface area (Å²) >= 11 is 0. The van der Waals surface area contributed by atoms with Gasteiger partial charge in [-0.05, 0) is 0 Å². The Morgan fingerprint density at radius 2 is 1.61 bits per heavy atom. The van der Waals surface area contributed by atoms with Crippen LogP contribution in [-0.2, 0) is 33.2 Å². The Hall–Kier alpha value is -0.280. The Morgan fingerprint density at radius 3 is 2.39 bits per heavy atom. The van der Waals surface area contributed by atoms with E-state index in [0.29, 0.717) is 19.8 Å². The summed E-state index contributed by atoms with van der Waals surface area (Å²) in [5, 5.41) is 0. The van der Waals surface area contributed by atoms with E-state index >= 15 is 0 Å². The second kappa shape index (κ2) is 5.38. The van der Waals surface area contributed by atoms with Gasteiger partial charge in [0.2, 0.25) is 0 Å². The first-order valence-electron chi connectivity index (χ1n) is 6.03. The van der Waals surface area contributed by atoms with Crippen molar-refractivity contribution in [1.82, 2.24) is 0 Å². The van der Waals surface area contributed by atoms with E-state index in [1.807, 2.05) is 0 Å². The molecular formula is C11H18O7. The molecule has 7 nitrogen and oxygen atoms in total. The van der Waals surface area contributed by atoms with E-state index in [1.54, 1.807) is 14.2 Å². The monoisotopic (exact) mass is 262 g/mol. The van der Waals surface area contributed by atoms with Gasteiger partial charge in [-0.25, -0.2) is 0 Å². The summed E-state index contributed by atoms with van der Waals surface area (Å²) in [5.74, 6) is 0. The number of methoxy groups -OCH3 is 2. The lowest BCUT2D eigenvalue weighted by Gasteiger charge is -2.32. The normalized spacial score (nSPS) is 47.0. The summed E-state index contributed by atoms with van der Waals surface area (Å²) in [6.45, 7) is 1.24. The quantitative estimate of drug-likeness (QED) is 0.676. The van der Waals surface area contributed by atoms with Crippen LogP contribution in [0.3, 0.4) is 0 Å². The number of ether oxygens (including phenoxy) is 7. The lowest BCUT2D eigenvalue weighted by atomic mass is 10.1. The van der Waals surface area contributed by atoms with Crippen molar-refractivity contribution < 1.29 is 33.2 Å². The van der Waals surface area contributed by atoms with Gasteiger partial charge in [-0.15, -0.1) is 0 Å². The van der Waals surface area contributed by atoms with Crippen LogP contribution in [-0.4, -0.2) is 71.2 Å². The lowest BCUT2D eigenvalue weighted by Crippen LogP contribution is -2.47. The SMILES string of the molecule is COCC1OC[C@H]2O[C@@H]3OC(COC)O[C@@H]3[C@H]2O1. The molecule has 3 fully saturated rings. The molecule has 3 saturated heterocycles. The predicted molar refractivity (Wildman–Crippen MR) is 56.8 cm³/mol. The maximum atomic E-state index is 5.77. The zero-order valence-electron chi connectivity index (χ0n) is 10.4. The molecule has 18 heavy (non-hydrogen) atoms. The summed E-state index contributed by atoms with van der Waals surface area (Å²) in [6.07, 6.45) is -1.70. The molecule has 0 aromatic rings. The van der Waals surface area contributed by atoms with Crippen LogP contribution in [0.2, 0.25) is 0 Å². The minimum atomic E-state index is -0.398. The second-order valence-electron chi connectivity index (χ2n) is 4.48. The molecule has 0 spiro atoms. The van der Waals surface area contributed by atoms with Crippen LogP contribution in [0.15, 0.2) is 0 Å². The van der Waals surface area contributed by atoms with Crippen molar-refractivity contribution >= 4 is 0 Å². The Bertz CT molecular complexity index is 287. The molecule has 7 heteroatoms. The first-order chi connectivity index (χ1) is 8.81. The van der Waals surface area contributed by atoms with E-state index in [1.165, 1.54) is 0 Å². The Labute approximate surface area is 105 Å². The van der Waals surface area contributed by atoms with E-state index in [9.17, 15) is 0 Å². The maximum absolute atomic E-state index is 5.77. The van der Waals surface area contributed by atoms with Crippen molar-refractivity contribution in [2.45, 2.75) is 37.2 Å². The van der Waals surface area contributed by atoms with E-state index in [4.69, 9.17) is 33.2 Å². The molecule has 0 radical (unpaired) electrons. The van der Waals surface area contributed by atoms with Crippen LogP contribution in [0.4, 0.5) is 0 Å². The number of hydrogen-bond donors (Lipinski definition) is 0. The summed E-state index contributed by atoms with van der Waals surface area (Å²) in [5.41, 5.74) is 0. The minimum absolute atomic E-state index is 0.142. The van der Waals surface area contributed by atoms with Crippen LogP contribution >= 0.6 is 0 Å². The Kier molecular flexibility index (Phi) is 3.81. The van der Waals surface area contributed by atoms with Crippen LogP contribution in [0, 0.1) is 0 Å². The summed E-state index contributed by atoms with van der Waals surface area (Å²) in [6, 6.07) is 0. The zero-order chi connectivity index (χ0) is 12.5. The largest absolute Gasteiger partial charge is 0.379 e. The van der Waals surface area contributed by atoms with E-state index in [0.717, 1.165) is 0 Å². The Morgan fingerprint density at radius 1 is 0.889 bits per heavy atom. The highest BCUT2D eigenvalue weighted by molar-refractivity contribution is 4.94. The summed E-state index contributed by atoms with van der Waals surface area (Å²) < 4.78 is 38.3. The van der Waals surface area contributed by atoms with Crippen molar-refractivity contribution in [3.05, 3.63) is 0 Å². The summed E-state index contributed by atoms with van der Waals surface area (Å²) in [4.78, 5) is 0. The molecule has 0 bridgehead atoms. The number of rotatable bonds is 4. The van der Waals surface area contributed by atoms with Gasteiger partial charge in [0.15, 0.2) is 18.9 Å². The zero-order valence-corrected chi connectivity index (χ0v) is 10.4. The number of hydrogen-bond acceptors (Lipinski definition) is 7. The van der Waals surface area contributed by atoms with Gasteiger partial charge in [0.25, 0.3) is 0 Å². The third-order valence-corrected chi connectivity index (χ3v) is 3.22. The van der Waals surface area contributed by atoms with Gasteiger partial charge in [0.05, 0.1) is 19.8 Å². The van der Waals surface area contributed by atoms with Crippen molar-refractivity contribution in [3.63, 3.8) is 0 Å². The van der Waals surface area contributed by atoms with Gasteiger partial charge in [-0.1, -0.05) is 0 Å². The molecule has 0 aromatic carbocycles. The van der Waals surface area contributed by atoms with Gasteiger partial charge in [0.1, 0.15) is 18.3 Å². The van der Waals surface area contributed by atoms with Gasteiger partial charge in [0, 0.05) is 14.2 Å². The van der Waals surface area contributed by atoms with Gasteiger partial charge >= 0.3 is 0 Å². The first kappa shape index (κ1) is 12.7. The molecule has 6 atom stereocenters. The Balaban J connectivity index is 1.60. The van der Waals surface area contributed by atoms with Crippen molar-refractivity contribution in [3.8, 4) is 0 Å². The molecule has 0 N–H and O–H groups in total. The first-order valence-corrected chi connectivity index (χ1v) is 6.03. The third-order valence-electron chi connectivity index (χ3n) is 3.22. The molecule has 0 aromatic heterocycles. The van der Waals surface area contributed by atoms with Crippen molar-refractivity contribution in [2.75, 3.05) is 34.0 Å². The van der Waals surface area contributed by atoms with Crippen molar-refractivity contribution in [1.29, 1.82) is 0 Å². The van der Waals surface area contributed by atoms with Gasteiger partial charge < -0.3 is 33.2 Å². The average molecular weight is 262 g/mol. The smallest absolute Gasteiger partial charge is 0.190 e. The molecule has 0 amide bonds. The predicted octanol–water partition coefficient (Wildman–Crippen LogP) is -0.513. The molecule has 0 saturated carbocycles. The van der Waals surface area contributed by atoms with E-state index in [2.05, 4.69) is 0 Å². The second-order valence-corrected chi connectivity index (χ2v) is 4.48. The van der Waals surface area contributed by atoms with E-state index in [-0.39, 0.29) is 24.6 Å². The molecule has 3 rings (SSSR count). The lowest BCUT2D eigenvalue weighted by molar-refractivity contribution is -0.280. The molecule has 104 valence electrons. The molecule has 3 heterocycles. The highest BCUT2D eigenvalue weighted by Gasteiger charge is 2.55. The molecule has 3 aliphatic rings. The molecule has 0 aliphatic carbocycles. The fourth-order valence-corrected chi connectivity index (χ4v) is 2.46. The van der Waals surface area contributed by atoms with Crippen LogP contribution in [0.25, 0.3) is 0 Å². The van der Waals surface area contributed by atoms with Crippen LogP contribution in [0.1, 0.15) is 0 Å². The van der Waals surface area contributed by atoms with Crippen LogP contribution < -0.4 is 0 Å². The summed E-state index contributed by atoms with van der Waals surface area (Å²) in [7, 11) is 3.21. The molecule has 3 aliphatic heterocycles. The number of fused-ring (bicyclic) bond motifs is 3. The van der Waals surface area contributed by atoms with E-state index < -0.39 is 12.6 Å². The van der Waals surface area contributed by atoms with Gasteiger partial charge in [-0.2, -0.15) is 0 Å². The fraction of sp³-hybridized carbons (Fsp3) is 1.00. The fourth-order valence-electron chi connectivity index (χ4n) is 2.46. The molecule has 2 unspecified atom stereocenters. The topological polar surface area (TPSA) is 64.6 Å². The van der Waals surface area contributed by atoms with Crippen LogP contribution in [0.5, 0.6) is 0 Å². The third kappa shape index (κ3) is 2.27. The highest BCUT2D eigenvalue weighted by atomic mass is 16.9. The average Bonchev–Trinajstić information content (AvgIpc) is 2.87. The van der Waals surface area contributed by atoms with Crippen molar-refractivity contribution in [2.24, 2.45) is 0 Å². The molecular weight excluding hydrogens is 244 g/mol. The standard InChI is InChI=1S/C11H18O7/c1-12-4-7-14-3-6-9(16-7)10-11(15-6)18-8(17-10)5-13-2/h6-11H,3-5H2,1-2H3/t6-,7?,8?,9+,10-,11-/m1/s1. The maximum Gasteiger partial charge on any atom is 0.190 e. The van der Waals surface area contributed by atoms with Gasteiger partial charge in [-0.3, -0.25) is 0 Å². The minimum Gasteiger partial charge on any atom is -0.379 e.